The highest BCUT2D eigenvalue weighted by Crippen LogP contribution is 2.26. The molecule has 3 N–H and O–H groups in total. The van der Waals surface area contributed by atoms with Gasteiger partial charge >= 0.3 is 0 Å². The van der Waals surface area contributed by atoms with E-state index in [1.807, 2.05) is 0 Å². The number of aromatic amines is 1. The molecule has 7 nitrogen and oxygen atoms in total. The highest BCUT2D eigenvalue weighted by Gasteiger charge is 2.22. The fraction of sp³-hybridized carbons (Fsp3) is 0.176. The molecule has 1 aliphatic rings. The first kappa shape index (κ1) is 15.5. The lowest BCUT2D eigenvalue weighted by molar-refractivity contribution is 0.0958. The van der Waals surface area contributed by atoms with Crippen LogP contribution in [-0.4, -0.2) is 28.3 Å². The third-order valence-electron chi connectivity index (χ3n) is 4.00. The van der Waals surface area contributed by atoms with Crippen molar-refractivity contribution in [3.63, 3.8) is 0 Å². The zero-order valence-corrected chi connectivity index (χ0v) is 13.9. The number of nitrogens with one attached hydrogen (secondary N) is 3. The molecular weight excluding hydrogens is 340 g/mol. The standard InChI is InChI=1S/C17H14N4O3S/c22-13-8-10(9-4-1-2-5-11(9)19-13)15(23)21-17-20-12-6-3-7-18-16(24)14(12)25-17/h1-2,4-5,8H,3,6-7H2,(H,18,24)(H,19,22)(H,20,21,23). The van der Waals surface area contributed by atoms with E-state index in [1.165, 1.54) is 6.07 Å². The first-order valence-electron chi connectivity index (χ1n) is 7.83. The van der Waals surface area contributed by atoms with Gasteiger partial charge in [0.2, 0.25) is 5.56 Å². The summed E-state index contributed by atoms with van der Waals surface area (Å²) in [6, 6.07) is 8.36. The maximum Gasteiger partial charge on any atom is 0.263 e. The van der Waals surface area contributed by atoms with Crippen molar-refractivity contribution in [2.75, 3.05) is 11.9 Å². The maximum atomic E-state index is 12.6. The Kier molecular flexibility index (Phi) is 3.81. The molecule has 126 valence electrons. The van der Waals surface area contributed by atoms with Gasteiger partial charge in [-0.25, -0.2) is 4.98 Å². The Morgan fingerprint density at radius 2 is 2.08 bits per heavy atom. The molecule has 25 heavy (non-hydrogen) atoms. The topological polar surface area (TPSA) is 104 Å². The molecule has 0 spiro atoms. The first-order valence-corrected chi connectivity index (χ1v) is 8.65. The first-order chi connectivity index (χ1) is 12.1. The van der Waals surface area contributed by atoms with E-state index in [9.17, 15) is 14.4 Å². The van der Waals surface area contributed by atoms with Crippen molar-refractivity contribution in [2.24, 2.45) is 0 Å². The molecule has 4 rings (SSSR count). The van der Waals surface area contributed by atoms with Crippen LogP contribution in [0.15, 0.2) is 35.1 Å². The lowest BCUT2D eigenvalue weighted by atomic mass is 10.1. The van der Waals surface area contributed by atoms with Crippen molar-refractivity contribution in [1.29, 1.82) is 0 Å². The fourth-order valence-electron chi connectivity index (χ4n) is 2.85. The van der Waals surface area contributed by atoms with Gasteiger partial charge in [-0.3, -0.25) is 19.7 Å². The smallest absolute Gasteiger partial charge is 0.263 e. The average Bonchev–Trinajstić information content (AvgIpc) is 2.92. The van der Waals surface area contributed by atoms with Crippen molar-refractivity contribution >= 4 is 39.2 Å². The SMILES string of the molecule is O=C1NCCCc2nc(NC(=O)c3cc(=O)[nH]c4ccccc34)sc21. The van der Waals surface area contributed by atoms with Gasteiger partial charge in [0.15, 0.2) is 5.13 Å². The van der Waals surface area contributed by atoms with Gasteiger partial charge in [0.25, 0.3) is 11.8 Å². The van der Waals surface area contributed by atoms with E-state index in [0.717, 1.165) is 17.8 Å². The molecule has 8 heteroatoms. The Hall–Kier alpha value is -3.00. The van der Waals surface area contributed by atoms with Crippen LogP contribution in [0.3, 0.4) is 0 Å². The Labute approximate surface area is 146 Å². The number of nitrogens with zero attached hydrogens (tertiary/aromatic N) is 1. The van der Waals surface area contributed by atoms with Crippen LogP contribution >= 0.6 is 11.3 Å². The van der Waals surface area contributed by atoms with Crippen LogP contribution in [-0.2, 0) is 6.42 Å². The average molecular weight is 354 g/mol. The van der Waals surface area contributed by atoms with Crippen molar-refractivity contribution in [1.82, 2.24) is 15.3 Å². The quantitative estimate of drug-likeness (QED) is 0.654. The second-order valence-electron chi connectivity index (χ2n) is 5.70. The molecular formula is C17H14N4O3S. The van der Waals surface area contributed by atoms with E-state index < -0.39 is 5.91 Å². The number of benzene rings is 1. The molecule has 2 amide bonds. The van der Waals surface area contributed by atoms with Gasteiger partial charge in [-0.05, 0) is 18.9 Å². The largest absolute Gasteiger partial charge is 0.351 e. The molecule has 0 atom stereocenters. The molecule has 0 bridgehead atoms. The number of hydrogen-bond donors (Lipinski definition) is 3. The highest BCUT2D eigenvalue weighted by molar-refractivity contribution is 7.17. The summed E-state index contributed by atoms with van der Waals surface area (Å²) < 4.78 is 0. The number of rotatable bonds is 2. The molecule has 0 radical (unpaired) electrons. The second kappa shape index (κ2) is 6.14. The Morgan fingerprint density at radius 3 is 2.96 bits per heavy atom. The summed E-state index contributed by atoms with van der Waals surface area (Å²) in [4.78, 5) is 44.0. The molecule has 0 fully saturated rings. The van der Waals surface area contributed by atoms with E-state index in [2.05, 4.69) is 20.6 Å². The molecule has 0 aliphatic carbocycles. The predicted molar refractivity (Wildman–Crippen MR) is 95.3 cm³/mol. The zero-order chi connectivity index (χ0) is 17.4. The molecule has 1 aliphatic heterocycles. The summed E-state index contributed by atoms with van der Waals surface area (Å²) in [6.07, 6.45) is 1.50. The molecule has 1 aromatic carbocycles. The molecule has 2 aromatic heterocycles. The molecule has 3 heterocycles. The Morgan fingerprint density at radius 1 is 1.24 bits per heavy atom. The van der Waals surface area contributed by atoms with Crippen LogP contribution in [0.4, 0.5) is 5.13 Å². The van der Waals surface area contributed by atoms with Gasteiger partial charge in [-0.1, -0.05) is 29.5 Å². The summed E-state index contributed by atoms with van der Waals surface area (Å²) in [7, 11) is 0. The highest BCUT2D eigenvalue weighted by atomic mass is 32.1. The van der Waals surface area contributed by atoms with Gasteiger partial charge in [0, 0.05) is 23.5 Å². The van der Waals surface area contributed by atoms with Crippen LogP contribution in [0.1, 0.15) is 32.1 Å². The third-order valence-corrected chi connectivity index (χ3v) is 5.01. The minimum absolute atomic E-state index is 0.160. The number of pyridine rings is 1. The number of aromatic nitrogens is 2. The fourth-order valence-corrected chi connectivity index (χ4v) is 3.77. The van der Waals surface area contributed by atoms with Crippen molar-refractivity contribution in [3.8, 4) is 0 Å². The van der Waals surface area contributed by atoms with Crippen LogP contribution in [0, 0.1) is 0 Å². The van der Waals surface area contributed by atoms with Crippen molar-refractivity contribution in [2.45, 2.75) is 12.8 Å². The summed E-state index contributed by atoms with van der Waals surface area (Å²) >= 11 is 1.15. The van der Waals surface area contributed by atoms with Crippen molar-refractivity contribution in [3.05, 3.63) is 56.8 Å². The normalized spacial score (nSPS) is 13.8. The number of carbonyl (C=O) groups excluding carboxylic acids is 2. The number of anilines is 1. The van der Waals surface area contributed by atoms with Crippen LogP contribution < -0.4 is 16.2 Å². The van der Waals surface area contributed by atoms with E-state index in [1.54, 1.807) is 24.3 Å². The van der Waals surface area contributed by atoms with E-state index in [-0.39, 0.29) is 17.0 Å². The summed E-state index contributed by atoms with van der Waals surface area (Å²) in [5.41, 5.74) is 1.22. The van der Waals surface area contributed by atoms with Crippen LogP contribution in [0.25, 0.3) is 10.9 Å². The number of para-hydroxylation sites is 1. The summed E-state index contributed by atoms with van der Waals surface area (Å²) in [6.45, 7) is 0.627. The molecule has 3 aromatic rings. The van der Waals surface area contributed by atoms with E-state index >= 15 is 0 Å². The number of carbonyl (C=O) groups is 2. The monoisotopic (exact) mass is 354 g/mol. The number of H-pyrrole nitrogens is 1. The van der Waals surface area contributed by atoms with Crippen LogP contribution in [0.5, 0.6) is 0 Å². The van der Waals surface area contributed by atoms with E-state index in [0.29, 0.717) is 39.6 Å². The predicted octanol–water partition coefficient (Wildman–Crippen LogP) is 1.91. The minimum atomic E-state index is -0.424. The Balaban J connectivity index is 1.69. The number of fused-ring (bicyclic) bond motifs is 2. The van der Waals surface area contributed by atoms with Gasteiger partial charge < -0.3 is 10.3 Å². The lowest BCUT2D eigenvalue weighted by Gasteiger charge is -2.05. The third kappa shape index (κ3) is 2.91. The molecule has 0 saturated carbocycles. The van der Waals surface area contributed by atoms with Gasteiger partial charge in [0.1, 0.15) is 4.88 Å². The van der Waals surface area contributed by atoms with Gasteiger partial charge in [0.05, 0.1) is 11.3 Å². The molecule has 0 saturated heterocycles. The number of hydrogen-bond acceptors (Lipinski definition) is 5. The van der Waals surface area contributed by atoms with Gasteiger partial charge in [-0.2, -0.15) is 0 Å². The number of thiazole rings is 1. The zero-order valence-electron chi connectivity index (χ0n) is 13.1. The molecule has 0 unspecified atom stereocenters. The van der Waals surface area contributed by atoms with Crippen molar-refractivity contribution < 1.29 is 9.59 Å². The number of amides is 2. The number of aryl methyl sites for hydroxylation is 1. The minimum Gasteiger partial charge on any atom is -0.351 e. The summed E-state index contributed by atoms with van der Waals surface area (Å²) in [5.74, 6) is -0.585. The summed E-state index contributed by atoms with van der Waals surface area (Å²) in [5, 5.41) is 6.52. The Bertz CT molecular complexity index is 1050. The lowest BCUT2D eigenvalue weighted by Crippen LogP contribution is -2.21. The van der Waals surface area contributed by atoms with E-state index in [4.69, 9.17) is 0 Å². The second-order valence-corrected chi connectivity index (χ2v) is 6.70. The van der Waals surface area contributed by atoms with Gasteiger partial charge in [-0.15, -0.1) is 0 Å². The van der Waals surface area contributed by atoms with Crippen LogP contribution in [0.2, 0.25) is 0 Å². The maximum absolute atomic E-state index is 12.6.